The molecule has 1 unspecified atom stereocenters. The Morgan fingerprint density at radius 3 is 2.75 bits per heavy atom. The van der Waals surface area contributed by atoms with Gasteiger partial charge in [0, 0.05) is 25.5 Å². The van der Waals surface area contributed by atoms with E-state index in [9.17, 15) is 0 Å². The Morgan fingerprint density at radius 1 is 1.67 bits per heavy atom. The summed E-state index contributed by atoms with van der Waals surface area (Å²) in [6, 6.07) is 0.0129. The van der Waals surface area contributed by atoms with E-state index in [4.69, 9.17) is 5.73 Å². The summed E-state index contributed by atoms with van der Waals surface area (Å²) in [4.78, 5) is 4.29. The van der Waals surface area contributed by atoms with Gasteiger partial charge in [-0.15, -0.1) is 11.3 Å². The summed E-state index contributed by atoms with van der Waals surface area (Å²) in [5, 5.41) is 4.70. The van der Waals surface area contributed by atoms with E-state index in [2.05, 4.69) is 10.4 Å². The van der Waals surface area contributed by atoms with Crippen LogP contribution >= 0.6 is 11.3 Å². The van der Waals surface area contributed by atoms with Gasteiger partial charge < -0.3 is 5.73 Å². The van der Waals surface area contributed by atoms with Crippen molar-refractivity contribution < 1.29 is 0 Å². The number of thiazole rings is 1. The van der Waals surface area contributed by atoms with E-state index < -0.39 is 0 Å². The molecular weight excluding hydrogens is 172 g/mol. The molecule has 1 rings (SSSR count). The highest BCUT2D eigenvalue weighted by Crippen LogP contribution is 2.18. The SMILES string of the molecule is CC(N)c1csc(NN(C)C)n1. The highest BCUT2D eigenvalue weighted by molar-refractivity contribution is 7.13. The lowest BCUT2D eigenvalue weighted by Crippen LogP contribution is -2.19. The van der Waals surface area contributed by atoms with Crippen LogP contribution in [0.1, 0.15) is 18.7 Å². The topological polar surface area (TPSA) is 54.2 Å². The van der Waals surface area contributed by atoms with Crippen LogP contribution in [0.2, 0.25) is 0 Å². The quantitative estimate of drug-likeness (QED) is 0.693. The van der Waals surface area contributed by atoms with Gasteiger partial charge in [0.25, 0.3) is 0 Å². The number of hydrogen-bond acceptors (Lipinski definition) is 5. The van der Waals surface area contributed by atoms with Crippen molar-refractivity contribution in [2.75, 3.05) is 19.5 Å². The first-order valence-electron chi connectivity index (χ1n) is 3.74. The largest absolute Gasteiger partial charge is 0.323 e. The molecule has 12 heavy (non-hydrogen) atoms. The fourth-order valence-electron chi connectivity index (χ4n) is 0.738. The summed E-state index contributed by atoms with van der Waals surface area (Å²) in [5.74, 6) is 0. The molecule has 0 fully saturated rings. The maximum Gasteiger partial charge on any atom is 0.197 e. The molecule has 0 aromatic carbocycles. The second kappa shape index (κ2) is 3.84. The van der Waals surface area contributed by atoms with E-state index in [1.165, 1.54) is 0 Å². The fourth-order valence-corrected chi connectivity index (χ4v) is 1.63. The van der Waals surface area contributed by atoms with Crippen molar-refractivity contribution in [3.8, 4) is 0 Å². The number of nitrogens with two attached hydrogens (primary N) is 1. The molecule has 1 aromatic heterocycles. The molecular formula is C7H14N4S. The van der Waals surface area contributed by atoms with Crippen LogP contribution in [0.25, 0.3) is 0 Å². The molecule has 4 nitrogen and oxygen atoms in total. The number of aromatic nitrogens is 1. The molecule has 0 saturated heterocycles. The molecule has 1 aromatic rings. The molecule has 0 saturated carbocycles. The van der Waals surface area contributed by atoms with Crippen molar-refractivity contribution in [2.24, 2.45) is 5.73 Å². The first-order valence-corrected chi connectivity index (χ1v) is 4.62. The third kappa shape index (κ3) is 2.44. The summed E-state index contributed by atoms with van der Waals surface area (Å²) in [5.41, 5.74) is 9.66. The monoisotopic (exact) mass is 186 g/mol. The van der Waals surface area contributed by atoms with Gasteiger partial charge in [-0.1, -0.05) is 0 Å². The van der Waals surface area contributed by atoms with E-state index in [0.717, 1.165) is 10.8 Å². The van der Waals surface area contributed by atoms with Crippen LogP contribution in [-0.2, 0) is 0 Å². The van der Waals surface area contributed by atoms with Gasteiger partial charge in [-0.2, -0.15) is 0 Å². The predicted octanol–water partition coefficient (Wildman–Crippen LogP) is 1.05. The van der Waals surface area contributed by atoms with Crippen LogP contribution in [0.5, 0.6) is 0 Å². The minimum atomic E-state index is 0.0129. The van der Waals surface area contributed by atoms with Gasteiger partial charge in [0.2, 0.25) is 0 Å². The summed E-state index contributed by atoms with van der Waals surface area (Å²) in [7, 11) is 3.85. The molecule has 0 spiro atoms. The third-order valence-corrected chi connectivity index (χ3v) is 2.07. The minimum Gasteiger partial charge on any atom is -0.323 e. The van der Waals surface area contributed by atoms with Gasteiger partial charge in [-0.25, -0.2) is 9.99 Å². The van der Waals surface area contributed by atoms with E-state index in [0.29, 0.717) is 0 Å². The Labute approximate surface area is 76.4 Å². The van der Waals surface area contributed by atoms with Crippen molar-refractivity contribution in [1.29, 1.82) is 0 Å². The van der Waals surface area contributed by atoms with E-state index >= 15 is 0 Å². The van der Waals surface area contributed by atoms with Crippen molar-refractivity contribution in [3.05, 3.63) is 11.1 Å². The van der Waals surface area contributed by atoms with Crippen LogP contribution < -0.4 is 11.2 Å². The van der Waals surface area contributed by atoms with E-state index in [1.54, 1.807) is 11.3 Å². The molecule has 3 N–H and O–H groups in total. The van der Waals surface area contributed by atoms with Crippen LogP contribution in [0.4, 0.5) is 5.13 Å². The molecule has 0 aliphatic rings. The Bertz CT molecular complexity index is 243. The minimum absolute atomic E-state index is 0.0129. The lowest BCUT2D eigenvalue weighted by molar-refractivity contribution is 0.494. The highest BCUT2D eigenvalue weighted by atomic mass is 32.1. The van der Waals surface area contributed by atoms with Crippen LogP contribution in [-0.4, -0.2) is 24.1 Å². The second-order valence-corrected chi connectivity index (χ2v) is 3.73. The van der Waals surface area contributed by atoms with Gasteiger partial charge in [0.05, 0.1) is 5.69 Å². The number of rotatable bonds is 3. The van der Waals surface area contributed by atoms with Crippen molar-refractivity contribution in [1.82, 2.24) is 9.99 Å². The molecule has 5 heteroatoms. The molecule has 1 atom stereocenters. The second-order valence-electron chi connectivity index (χ2n) is 2.87. The Morgan fingerprint density at radius 2 is 2.33 bits per heavy atom. The maximum atomic E-state index is 5.66. The Balaban J connectivity index is 2.64. The number of hydrogen-bond donors (Lipinski definition) is 2. The zero-order valence-electron chi connectivity index (χ0n) is 7.53. The number of anilines is 1. The first kappa shape index (κ1) is 9.44. The summed E-state index contributed by atoms with van der Waals surface area (Å²) >= 11 is 1.56. The fraction of sp³-hybridized carbons (Fsp3) is 0.571. The standard InChI is InChI=1S/C7H14N4S/c1-5(8)6-4-12-7(9-6)10-11(2)3/h4-5H,8H2,1-3H3,(H,9,10). The average Bonchev–Trinajstić information content (AvgIpc) is 2.34. The van der Waals surface area contributed by atoms with Crippen molar-refractivity contribution in [3.63, 3.8) is 0 Å². The number of nitrogens with zero attached hydrogens (tertiary/aromatic N) is 2. The van der Waals surface area contributed by atoms with Crippen molar-refractivity contribution >= 4 is 16.5 Å². The number of hydrazine groups is 1. The molecule has 0 radical (unpaired) electrons. The Hall–Kier alpha value is -0.650. The van der Waals surface area contributed by atoms with Gasteiger partial charge in [0.15, 0.2) is 5.13 Å². The molecule has 0 aliphatic heterocycles. The van der Waals surface area contributed by atoms with Crippen LogP contribution in [0, 0.1) is 0 Å². The van der Waals surface area contributed by atoms with Gasteiger partial charge >= 0.3 is 0 Å². The summed E-state index contributed by atoms with van der Waals surface area (Å²) in [6.07, 6.45) is 0. The molecule has 0 bridgehead atoms. The van der Waals surface area contributed by atoms with Gasteiger partial charge in [-0.3, -0.25) is 5.43 Å². The predicted molar refractivity (Wildman–Crippen MR) is 52.0 cm³/mol. The van der Waals surface area contributed by atoms with Gasteiger partial charge in [-0.05, 0) is 6.92 Å². The normalized spacial score (nSPS) is 13.4. The zero-order valence-corrected chi connectivity index (χ0v) is 8.35. The molecule has 68 valence electrons. The first-order chi connectivity index (χ1) is 5.59. The van der Waals surface area contributed by atoms with Crippen molar-refractivity contribution in [2.45, 2.75) is 13.0 Å². The third-order valence-electron chi connectivity index (χ3n) is 1.31. The average molecular weight is 186 g/mol. The molecule has 0 aliphatic carbocycles. The lowest BCUT2D eigenvalue weighted by Gasteiger charge is -2.09. The molecule has 1 heterocycles. The van der Waals surface area contributed by atoms with E-state index in [1.807, 2.05) is 31.4 Å². The maximum absolute atomic E-state index is 5.66. The van der Waals surface area contributed by atoms with Gasteiger partial charge in [0.1, 0.15) is 0 Å². The number of nitrogens with one attached hydrogen (secondary N) is 1. The molecule has 0 amide bonds. The van der Waals surface area contributed by atoms with E-state index in [-0.39, 0.29) is 6.04 Å². The lowest BCUT2D eigenvalue weighted by atomic mass is 10.3. The summed E-state index contributed by atoms with van der Waals surface area (Å²) in [6.45, 7) is 1.93. The van der Waals surface area contributed by atoms with Crippen LogP contribution in [0.3, 0.4) is 0 Å². The zero-order chi connectivity index (χ0) is 9.14. The highest BCUT2D eigenvalue weighted by Gasteiger charge is 2.05. The smallest absolute Gasteiger partial charge is 0.197 e. The van der Waals surface area contributed by atoms with Crippen LogP contribution in [0.15, 0.2) is 5.38 Å². The summed E-state index contributed by atoms with van der Waals surface area (Å²) < 4.78 is 0. The Kier molecular flexibility index (Phi) is 3.02.